The first-order valence-corrected chi connectivity index (χ1v) is 7.11. The van der Waals surface area contributed by atoms with E-state index in [1.807, 2.05) is 53.2 Å². The lowest BCUT2D eigenvalue weighted by molar-refractivity contribution is 0.219. The summed E-state index contributed by atoms with van der Waals surface area (Å²) in [5.41, 5.74) is 8.42. The molecule has 1 aromatic heterocycles. The minimum Gasteiger partial charge on any atom is -0.397 e. The largest absolute Gasteiger partial charge is 0.397 e. The first kappa shape index (κ1) is 13.5. The van der Waals surface area contributed by atoms with Crippen LogP contribution in [0.5, 0.6) is 0 Å². The van der Waals surface area contributed by atoms with E-state index >= 15 is 0 Å². The van der Waals surface area contributed by atoms with Crippen LogP contribution in [0, 0.1) is 0 Å². The highest BCUT2D eigenvalue weighted by Crippen LogP contribution is 2.26. The third-order valence-corrected chi connectivity index (χ3v) is 3.71. The summed E-state index contributed by atoms with van der Waals surface area (Å²) in [6.45, 7) is 4.82. The molecule has 1 fully saturated rings. The van der Waals surface area contributed by atoms with Crippen molar-refractivity contribution in [2.24, 2.45) is 0 Å². The maximum Gasteiger partial charge on any atom is 0.324 e. The third-order valence-electron chi connectivity index (χ3n) is 3.71. The SMILES string of the molecule is CCn1cc(CN2CCN(c3ccccc3N)C2=O)cn1. The van der Waals surface area contributed by atoms with E-state index in [0.717, 1.165) is 17.8 Å². The number of anilines is 2. The zero-order valence-electron chi connectivity index (χ0n) is 12.1. The molecule has 0 atom stereocenters. The lowest BCUT2D eigenvalue weighted by Gasteiger charge is -2.19. The number of carbonyl (C=O) groups is 1. The van der Waals surface area contributed by atoms with Gasteiger partial charge in [0.25, 0.3) is 0 Å². The van der Waals surface area contributed by atoms with Gasteiger partial charge in [-0.3, -0.25) is 9.58 Å². The molecule has 2 heterocycles. The van der Waals surface area contributed by atoms with Crippen LogP contribution in [0.3, 0.4) is 0 Å². The highest BCUT2D eigenvalue weighted by Gasteiger charge is 2.30. The number of nitrogens with zero attached hydrogens (tertiary/aromatic N) is 4. The molecule has 1 saturated heterocycles. The van der Waals surface area contributed by atoms with E-state index in [1.54, 1.807) is 4.90 Å². The maximum absolute atomic E-state index is 12.5. The van der Waals surface area contributed by atoms with Crippen LogP contribution < -0.4 is 10.6 Å². The average Bonchev–Trinajstić information content (AvgIpc) is 3.08. The number of aryl methyl sites for hydroxylation is 1. The molecule has 2 N–H and O–H groups in total. The summed E-state index contributed by atoms with van der Waals surface area (Å²) in [5, 5.41) is 4.24. The van der Waals surface area contributed by atoms with E-state index in [4.69, 9.17) is 5.73 Å². The first-order chi connectivity index (χ1) is 10.2. The molecular formula is C15H19N5O. The lowest BCUT2D eigenvalue weighted by Crippen LogP contribution is -2.31. The van der Waals surface area contributed by atoms with Gasteiger partial charge >= 0.3 is 6.03 Å². The molecule has 21 heavy (non-hydrogen) atoms. The molecular weight excluding hydrogens is 266 g/mol. The zero-order chi connectivity index (χ0) is 14.8. The van der Waals surface area contributed by atoms with Crippen LogP contribution in [0.25, 0.3) is 0 Å². The summed E-state index contributed by atoms with van der Waals surface area (Å²) in [6, 6.07) is 7.46. The van der Waals surface area contributed by atoms with Crippen LogP contribution in [0.15, 0.2) is 36.7 Å². The fourth-order valence-corrected chi connectivity index (χ4v) is 2.57. The molecule has 110 valence electrons. The molecule has 1 aliphatic heterocycles. The molecule has 0 spiro atoms. The first-order valence-electron chi connectivity index (χ1n) is 7.11. The van der Waals surface area contributed by atoms with E-state index < -0.39 is 0 Å². The molecule has 1 aliphatic rings. The van der Waals surface area contributed by atoms with Crippen molar-refractivity contribution in [1.82, 2.24) is 14.7 Å². The van der Waals surface area contributed by atoms with Gasteiger partial charge in [0.1, 0.15) is 0 Å². The summed E-state index contributed by atoms with van der Waals surface area (Å²) in [7, 11) is 0. The second-order valence-electron chi connectivity index (χ2n) is 5.12. The molecule has 3 rings (SSSR count). The lowest BCUT2D eigenvalue weighted by atomic mass is 10.2. The van der Waals surface area contributed by atoms with Gasteiger partial charge in [0.15, 0.2) is 0 Å². The number of nitrogens with two attached hydrogens (primary N) is 1. The summed E-state index contributed by atoms with van der Waals surface area (Å²) >= 11 is 0. The number of hydrogen-bond acceptors (Lipinski definition) is 3. The van der Waals surface area contributed by atoms with Crippen molar-refractivity contribution in [2.75, 3.05) is 23.7 Å². The predicted octanol–water partition coefficient (Wildman–Crippen LogP) is 1.93. The van der Waals surface area contributed by atoms with Gasteiger partial charge in [-0.25, -0.2) is 4.79 Å². The normalized spacial score (nSPS) is 15.0. The smallest absolute Gasteiger partial charge is 0.324 e. The van der Waals surface area contributed by atoms with Crippen molar-refractivity contribution < 1.29 is 4.79 Å². The van der Waals surface area contributed by atoms with Crippen LogP contribution in [0.1, 0.15) is 12.5 Å². The second kappa shape index (κ2) is 5.47. The molecule has 2 aromatic rings. The van der Waals surface area contributed by atoms with Gasteiger partial charge in [0, 0.05) is 31.4 Å². The van der Waals surface area contributed by atoms with E-state index in [2.05, 4.69) is 5.10 Å². The Morgan fingerprint density at radius 2 is 2.10 bits per heavy atom. The Balaban J connectivity index is 1.73. The molecule has 0 radical (unpaired) electrons. The fraction of sp³-hybridized carbons (Fsp3) is 0.333. The minimum atomic E-state index is -0.00264. The number of para-hydroxylation sites is 2. The van der Waals surface area contributed by atoms with Crippen molar-refractivity contribution in [3.05, 3.63) is 42.2 Å². The van der Waals surface area contributed by atoms with E-state index in [0.29, 0.717) is 25.3 Å². The Bertz CT molecular complexity index is 651. The quantitative estimate of drug-likeness (QED) is 0.873. The van der Waals surface area contributed by atoms with E-state index in [1.165, 1.54) is 0 Å². The zero-order valence-corrected chi connectivity index (χ0v) is 12.1. The Morgan fingerprint density at radius 1 is 1.29 bits per heavy atom. The maximum atomic E-state index is 12.5. The number of hydrogen-bond donors (Lipinski definition) is 1. The standard InChI is InChI=1S/C15H19N5O/c1-2-19-11-12(9-17-19)10-18-7-8-20(15(18)21)14-6-4-3-5-13(14)16/h3-6,9,11H,2,7-8,10,16H2,1H3. The van der Waals surface area contributed by atoms with Crippen molar-refractivity contribution in [1.29, 1.82) is 0 Å². The predicted molar refractivity (Wildman–Crippen MR) is 81.9 cm³/mol. The van der Waals surface area contributed by atoms with Gasteiger partial charge in [-0.15, -0.1) is 0 Å². The number of amides is 2. The number of nitrogen functional groups attached to an aromatic ring is 1. The van der Waals surface area contributed by atoms with Gasteiger partial charge < -0.3 is 10.6 Å². The van der Waals surface area contributed by atoms with Crippen LogP contribution in [0.4, 0.5) is 16.2 Å². The Hall–Kier alpha value is -2.50. The molecule has 6 heteroatoms. The van der Waals surface area contributed by atoms with Crippen molar-refractivity contribution in [2.45, 2.75) is 20.0 Å². The van der Waals surface area contributed by atoms with Crippen molar-refractivity contribution in [3.63, 3.8) is 0 Å². The minimum absolute atomic E-state index is 0.00264. The van der Waals surface area contributed by atoms with Gasteiger partial charge in [-0.2, -0.15) is 5.10 Å². The monoisotopic (exact) mass is 285 g/mol. The van der Waals surface area contributed by atoms with E-state index in [9.17, 15) is 4.79 Å². The van der Waals surface area contributed by atoms with E-state index in [-0.39, 0.29) is 6.03 Å². The number of urea groups is 1. The topological polar surface area (TPSA) is 67.4 Å². The number of benzene rings is 1. The highest BCUT2D eigenvalue weighted by atomic mass is 16.2. The third kappa shape index (κ3) is 2.56. The number of aromatic nitrogens is 2. The number of rotatable bonds is 4. The van der Waals surface area contributed by atoms with Crippen molar-refractivity contribution in [3.8, 4) is 0 Å². The summed E-state index contributed by atoms with van der Waals surface area (Å²) in [5.74, 6) is 0. The fourth-order valence-electron chi connectivity index (χ4n) is 2.57. The molecule has 6 nitrogen and oxygen atoms in total. The Kier molecular flexibility index (Phi) is 3.51. The number of carbonyl (C=O) groups excluding carboxylic acids is 1. The molecule has 0 bridgehead atoms. The van der Waals surface area contributed by atoms with Crippen molar-refractivity contribution >= 4 is 17.4 Å². The average molecular weight is 285 g/mol. The molecule has 0 aliphatic carbocycles. The highest BCUT2D eigenvalue weighted by molar-refractivity contribution is 5.96. The molecule has 0 unspecified atom stereocenters. The van der Waals surface area contributed by atoms with Gasteiger partial charge in [0.2, 0.25) is 0 Å². The van der Waals surface area contributed by atoms with Crippen LogP contribution in [-0.4, -0.2) is 33.8 Å². The van der Waals surface area contributed by atoms with Crippen LogP contribution in [0.2, 0.25) is 0 Å². The summed E-state index contributed by atoms with van der Waals surface area (Å²) in [6.07, 6.45) is 3.79. The second-order valence-corrected chi connectivity index (χ2v) is 5.12. The summed E-state index contributed by atoms with van der Waals surface area (Å²) in [4.78, 5) is 16.1. The van der Waals surface area contributed by atoms with Crippen LogP contribution >= 0.6 is 0 Å². The Morgan fingerprint density at radius 3 is 2.81 bits per heavy atom. The van der Waals surface area contributed by atoms with Gasteiger partial charge in [-0.05, 0) is 19.1 Å². The Labute approximate surface area is 123 Å². The van der Waals surface area contributed by atoms with Crippen LogP contribution in [-0.2, 0) is 13.1 Å². The van der Waals surface area contributed by atoms with Gasteiger partial charge in [-0.1, -0.05) is 12.1 Å². The molecule has 0 saturated carbocycles. The molecule has 2 amide bonds. The molecule has 1 aromatic carbocycles. The summed E-state index contributed by atoms with van der Waals surface area (Å²) < 4.78 is 1.86. The van der Waals surface area contributed by atoms with Gasteiger partial charge in [0.05, 0.1) is 24.1 Å².